The molecule has 0 aliphatic carbocycles. The van der Waals surface area contributed by atoms with Gasteiger partial charge in [0.15, 0.2) is 0 Å². The number of hydrogen-bond acceptors (Lipinski definition) is 4. The lowest BCUT2D eigenvalue weighted by Gasteiger charge is -2.07. The maximum absolute atomic E-state index is 9.43. The average Bonchev–Trinajstić information content (AvgIpc) is 2.83. The predicted octanol–water partition coefficient (Wildman–Crippen LogP) is 2.55. The Kier molecular flexibility index (Phi) is 2.89. The van der Waals surface area contributed by atoms with Crippen molar-refractivity contribution in [2.24, 2.45) is 0 Å². The van der Waals surface area contributed by atoms with Crippen LogP contribution in [0.2, 0.25) is 0 Å². The van der Waals surface area contributed by atoms with E-state index in [1.54, 1.807) is 12.1 Å². The molecule has 5 heteroatoms. The highest BCUT2D eigenvalue weighted by molar-refractivity contribution is 5.82. The minimum Gasteiger partial charge on any atom is -0.419 e. The topological polar surface area (TPSA) is 71.0 Å². The largest absolute Gasteiger partial charge is 0.419 e. The Balaban J connectivity index is 2.04. The zero-order chi connectivity index (χ0) is 13.2. The Morgan fingerprint density at radius 1 is 1.21 bits per heavy atom. The number of pyridine rings is 1. The first-order chi connectivity index (χ1) is 9.26. The van der Waals surface area contributed by atoms with Gasteiger partial charge in [0.05, 0.1) is 12.1 Å². The Bertz CT molecular complexity index is 722. The zero-order valence-corrected chi connectivity index (χ0v) is 10.4. The number of benzene rings is 1. The van der Waals surface area contributed by atoms with E-state index in [4.69, 9.17) is 4.74 Å². The summed E-state index contributed by atoms with van der Waals surface area (Å²) in [5.41, 5.74) is 2.49. The van der Waals surface area contributed by atoms with Gasteiger partial charge in [-0.05, 0) is 18.6 Å². The summed E-state index contributed by atoms with van der Waals surface area (Å²) in [6, 6.07) is 11.1. The minimum absolute atomic E-state index is 0.0566. The highest BCUT2D eigenvalue weighted by Gasteiger charge is 2.07. The van der Waals surface area contributed by atoms with E-state index in [0.717, 1.165) is 22.2 Å². The van der Waals surface area contributed by atoms with E-state index < -0.39 is 0 Å². The summed E-state index contributed by atoms with van der Waals surface area (Å²) < 4.78 is 5.59. The SMILES string of the molecule is Cc1cc(Oc2cc(CO)c3ccccc3n2)n[nH]1. The summed E-state index contributed by atoms with van der Waals surface area (Å²) >= 11 is 0. The van der Waals surface area contributed by atoms with E-state index in [1.807, 2.05) is 31.2 Å². The molecule has 96 valence electrons. The molecule has 0 fully saturated rings. The van der Waals surface area contributed by atoms with Gasteiger partial charge in [0, 0.05) is 23.2 Å². The first kappa shape index (κ1) is 11.7. The van der Waals surface area contributed by atoms with Crippen LogP contribution in [-0.2, 0) is 6.61 Å². The van der Waals surface area contributed by atoms with Crippen molar-refractivity contribution in [3.8, 4) is 11.8 Å². The van der Waals surface area contributed by atoms with E-state index in [-0.39, 0.29) is 6.61 Å². The van der Waals surface area contributed by atoms with E-state index >= 15 is 0 Å². The number of aryl methyl sites for hydroxylation is 1. The molecule has 0 spiro atoms. The summed E-state index contributed by atoms with van der Waals surface area (Å²) in [6.07, 6.45) is 0. The molecule has 2 heterocycles. The van der Waals surface area contributed by atoms with Gasteiger partial charge in [-0.25, -0.2) is 4.98 Å². The molecule has 0 aliphatic rings. The van der Waals surface area contributed by atoms with E-state index in [2.05, 4.69) is 15.2 Å². The summed E-state index contributed by atoms with van der Waals surface area (Å²) in [6.45, 7) is 1.84. The van der Waals surface area contributed by atoms with Crippen LogP contribution >= 0.6 is 0 Å². The van der Waals surface area contributed by atoms with Gasteiger partial charge in [-0.1, -0.05) is 18.2 Å². The van der Waals surface area contributed by atoms with Gasteiger partial charge in [0.25, 0.3) is 0 Å². The van der Waals surface area contributed by atoms with E-state index in [0.29, 0.717) is 11.8 Å². The number of ether oxygens (including phenoxy) is 1. The van der Waals surface area contributed by atoms with Crippen LogP contribution in [0.3, 0.4) is 0 Å². The predicted molar refractivity (Wildman–Crippen MR) is 71.1 cm³/mol. The second-order valence-electron chi connectivity index (χ2n) is 4.29. The van der Waals surface area contributed by atoms with E-state index in [9.17, 15) is 5.11 Å². The molecule has 1 aromatic carbocycles. The fraction of sp³-hybridized carbons (Fsp3) is 0.143. The number of aromatic amines is 1. The molecule has 0 bridgehead atoms. The lowest BCUT2D eigenvalue weighted by atomic mass is 10.1. The Morgan fingerprint density at radius 2 is 2.05 bits per heavy atom. The molecule has 0 unspecified atom stereocenters. The Hall–Kier alpha value is -2.40. The van der Waals surface area contributed by atoms with Gasteiger partial charge in [-0.15, -0.1) is 5.10 Å². The number of hydrogen-bond donors (Lipinski definition) is 2. The van der Waals surface area contributed by atoms with Gasteiger partial charge >= 0.3 is 0 Å². The first-order valence-corrected chi connectivity index (χ1v) is 5.95. The smallest absolute Gasteiger partial charge is 0.240 e. The van der Waals surface area contributed by atoms with Crippen LogP contribution in [0, 0.1) is 6.92 Å². The quantitative estimate of drug-likeness (QED) is 0.754. The number of nitrogens with one attached hydrogen (secondary N) is 1. The van der Waals surface area contributed by atoms with Crippen molar-refractivity contribution in [2.75, 3.05) is 0 Å². The van der Waals surface area contributed by atoms with Gasteiger partial charge in [-0.3, -0.25) is 5.10 Å². The van der Waals surface area contributed by atoms with Crippen molar-refractivity contribution in [2.45, 2.75) is 13.5 Å². The summed E-state index contributed by atoms with van der Waals surface area (Å²) in [5.74, 6) is 0.887. The highest BCUT2D eigenvalue weighted by atomic mass is 16.5. The number of fused-ring (bicyclic) bond motifs is 1. The molecule has 0 radical (unpaired) electrons. The molecule has 0 saturated carbocycles. The van der Waals surface area contributed by atoms with Crippen LogP contribution in [-0.4, -0.2) is 20.3 Å². The minimum atomic E-state index is -0.0566. The molecule has 5 nitrogen and oxygen atoms in total. The van der Waals surface area contributed by atoms with Crippen LogP contribution in [0.15, 0.2) is 36.4 Å². The van der Waals surface area contributed by atoms with Crippen molar-refractivity contribution in [1.82, 2.24) is 15.2 Å². The summed E-state index contributed by atoms with van der Waals surface area (Å²) in [7, 11) is 0. The number of aliphatic hydroxyl groups excluding tert-OH is 1. The highest BCUT2D eigenvalue weighted by Crippen LogP contribution is 2.25. The molecule has 3 aromatic rings. The second kappa shape index (κ2) is 4.70. The molecule has 2 N–H and O–H groups in total. The Labute approximate surface area is 109 Å². The number of aromatic nitrogens is 3. The number of para-hydroxylation sites is 1. The summed E-state index contributed by atoms with van der Waals surface area (Å²) in [5, 5.41) is 17.2. The molecular weight excluding hydrogens is 242 g/mol. The lowest BCUT2D eigenvalue weighted by Crippen LogP contribution is -1.94. The third-order valence-corrected chi connectivity index (χ3v) is 2.84. The average molecular weight is 255 g/mol. The monoisotopic (exact) mass is 255 g/mol. The Morgan fingerprint density at radius 3 is 2.79 bits per heavy atom. The first-order valence-electron chi connectivity index (χ1n) is 5.95. The molecule has 2 aromatic heterocycles. The maximum atomic E-state index is 9.43. The van der Waals surface area contributed by atoms with Crippen LogP contribution in [0.1, 0.15) is 11.3 Å². The van der Waals surface area contributed by atoms with Crippen molar-refractivity contribution in [3.63, 3.8) is 0 Å². The van der Waals surface area contributed by atoms with Gasteiger partial charge < -0.3 is 9.84 Å². The van der Waals surface area contributed by atoms with Crippen molar-refractivity contribution >= 4 is 10.9 Å². The molecule has 3 rings (SSSR count). The van der Waals surface area contributed by atoms with E-state index in [1.165, 1.54) is 0 Å². The van der Waals surface area contributed by atoms with Crippen LogP contribution < -0.4 is 4.74 Å². The molecule has 0 amide bonds. The standard InChI is InChI=1S/C14H13N3O2/c1-9-6-14(17-16-9)19-13-7-10(8-18)11-4-2-3-5-12(11)15-13/h2-7,18H,8H2,1H3,(H,16,17). The maximum Gasteiger partial charge on any atom is 0.240 e. The number of nitrogens with zero attached hydrogens (tertiary/aromatic N) is 2. The molecule has 19 heavy (non-hydrogen) atoms. The molecule has 0 aliphatic heterocycles. The zero-order valence-electron chi connectivity index (χ0n) is 10.4. The fourth-order valence-corrected chi connectivity index (χ4v) is 1.96. The number of aliphatic hydroxyl groups is 1. The van der Waals surface area contributed by atoms with Crippen LogP contribution in [0.5, 0.6) is 11.8 Å². The fourth-order valence-electron chi connectivity index (χ4n) is 1.96. The van der Waals surface area contributed by atoms with Gasteiger partial charge in [-0.2, -0.15) is 0 Å². The molecular formula is C14H13N3O2. The van der Waals surface area contributed by atoms with Crippen molar-refractivity contribution in [1.29, 1.82) is 0 Å². The number of H-pyrrole nitrogens is 1. The summed E-state index contributed by atoms with van der Waals surface area (Å²) in [4.78, 5) is 4.40. The molecule has 0 atom stereocenters. The molecule has 0 saturated heterocycles. The second-order valence-corrected chi connectivity index (χ2v) is 4.29. The van der Waals surface area contributed by atoms with Crippen molar-refractivity contribution < 1.29 is 9.84 Å². The van der Waals surface area contributed by atoms with Crippen molar-refractivity contribution in [3.05, 3.63) is 47.7 Å². The number of rotatable bonds is 3. The third-order valence-electron chi connectivity index (χ3n) is 2.84. The lowest BCUT2D eigenvalue weighted by molar-refractivity contribution is 0.282. The third kappa shape index (κ3) is 2.28. The van der Waals surface area contributed by atoms with Crippen LogP contribution in [0.25, 0.3) is 10.9 Å². The normalized spacial score (nSPS) is 10.8. The van der Waals surface area contributed by atoms with Gasteiger partial charge in [0.1, 0.15) is 0 Å². The van der Waals surface area contributed by atoms with Crippen LogP contribution in [0.4, 0.5) is 0 Å². The van der Waals surface area contributed by atoms with Gasteiger partial charge in [0.2, 0.25) is 11.8 Å².